The lowest BCUT2D eigenvalue weighted by Gasteiger charge is -2.30. The number of nitrogens with zero attached hydrogens (tertiary/aromatic N) is 1. The number of likely N-dealkylation sites (tertiary alicyclic amines) is 1. The Bertz CT molecular complexity index is 430. The van der Waals surface area contributed by atoms with Crippen molar-refractivity contribution in [3.05, 3.63) is 29.6 Å². The van der Waals surface area contributed by atoms with E-state index in [9.17, 15) is 4.39 Å². The Balaban J connectivity index is 1.87. The summed E-state index contributed by atoms with van der Waals surface area (Å²) in [6.45, 7) is 5.30. The zero-order valence-corrected chi connectivity index (χ0v) is 12.7. The van der Waals surface area contributed by atoms with Crippen molar-refractivity contribution in [3.8, 4) is 5.75 Å². The van der Waals surface area contributed by atoms with E-state index in [-0.39, 0.29) is 11.9 Å². The van der Waals surface area contributed by atoms with Crippen LogP contribution in [0.25, 0.3) is 0 Å². The molecule has 1 heterocycles. The molecule has 0 aliphatic carbocycles. The van der Waals surface area contributed by atoms with Crippen molar-refractivity contribution in [1.29, 1.82) is 0 Å². The Morgan fingerprint density at radius 1 is 1.40 bits per heavy atom. The number of rotatable bonds is 5. The molecule has 4 heteroatoms. The van der Waals surface area contributed by atoms with Crippen LogP contribution in [-0.2, 0) is 0 Å². The van der Waals surface area contributed by atoms with Gasteiger partial charge in [0.05, 0.1) is 7.11 Å². The van der Waals surface area contributed by atoms with Gasteiger partial charge in [-0.25, -0.2) is 4.39 Å². The fourth-order valence-electron chi connectivity index (χ4n) is 2.71. The summed E-state index contributed by atoms with van der Waals surface area (Å²) in [5.41, 5.74) is 0.707. The highest BCUT2D eigenvalue weighted by molar-refractivity contribution is 5.30. The predicted molar refractivity (Wildman–Crippen MR) is 79.6 cm³/mol. The number of hydrogen-bond acceptors (Lipinski definition) is 3. The Hall–Kier alpha value is -1.13. The summed E-state index contributed by atoms with van der Waals surface area (Å²) in [4.78, 5) is 2.36. The molecule has 1 saturated heterocycles. The molecule has 1 fully saturated rings. The first-order valence-electron chi connectivity index (χ1n) is 7.35. The number of benzene rings is 1. The lowest BCUT2D eigenvalue weighted by atomic mass is 9.96. The molecule has 0 bridgehead atoms. The molecule has 1 aliphatic rings. The van der Waals surface area contributed by atoms with Crippen LogP contribution in [0.5, 0.6) is 5.75 Å². The van der Waals surface area contributed by atoms with Crippen LogP contribution in [-0.4, -0.2) is 38.7 Å². The van der Waals surface area contributed by atoms with Crippen molar-refractivity contribution in [2.45, 2.75) is 25.8 Å². The average molecular weight is 280 g/mol. The molecule has 0 aromatic heterocycles. The molecule has 1 unspecified atom stereocenters. The SMILES string of the molecule is COc1ccc(C(C)NCC2CCN(C)CC2)c(F)c1. The maximum Gasteiger partial charge on any atom is 0.131 e. The van der Waals surface area contributed by atoms with E-state index in [0.717, 1.165) is 19.6 Å². The van der Waals surface area contributed by atoms with Gasteiger partial charge in [-0.15, -0.1) is 0 Å². The monoisotopic (exact) mass is 280 g/mol. The number of piperidine rings is 1. The van der Waals surface area contributed by atoms with E-state index < -0.39 is 0 Å². The van der Waals surface area contributed by atoms with E-state index in [4.69, 9.17) is 4.74 Å². The summed E-state index contributed by atoms with van der Waals surface area (Å²) in [5, 5.41) is 3.46. The highest BCUT2D eigenvalue weighted by Crippen LogP contribution is 2.22. The first-order chi connectivity index (χ1) is 9.60. The minimum Gasteiger partial charge on any atom is -0.497 e. The first kappa shape index (κ1) is 15.3. The van der Waals surface area contributed by atoms with E-state index in [0.29, 0.717) is 17.2 Å². The van der Waals surface area contributed by atoms with E-state index in [2.05, 4.69) is 17.3 Å². The van der Waals surface area contributed by atoms with Gasteiger partial charge in [0, 0.05) is 17.7 Å². The van der Waals surface area contributed by atoms with Crippen LogP contribution < -0.4 is 10.1 Å². The van der Waals surface area contributed by atoms with Crippen LogP contribution in [0, 0.1) is 11.7 Å². The highest BCUT2D eigenvalue weighted by atomic mass is 19.1. The van der Waals surface area contributed by atoms with Crippen LogP contribution in [0.3, 0.4) is 0 Å². The molecule has 0 saturated carbocycles. The van der Waals surface area contributed by atoms with Crippen molar-refractivity contribution < 1.29 is 9.13 Å². The van der Waals surface area contributed by atoms with Gasteiger partial charge in [-0.3, -0.25) is 0 Å². The highest BCUT2D eigenvalue weighted by Gasteiger charge is 2.18. The summed E-state index contributed by atoms with van der Waals surface area (Å²) >= 11 is 0. The number of ether oxygens (including phenoxy) is 1. The van der Waals surface area contributed by atoms with E-state index in [1.54, 1.807) is 13.2 Å². The lowest BCUT2D eigenvalue weighted by molar-refractivity contribution is 0.213. The van der Waals surface area contributed by atoms with E-state index in [1.807, 2.05) is 13.0 Å². The second-order valence-electron chi connectivity index (χ2n) is 5.76. The van der Waals surface area contributed by atoms with Crippen LogP contribution >= 0.6 is 0 Å². The zero-order valence-electron chi connectivity index (χ0n) is 12.7. The maximum absolute atomic E-state index is 14.0. The molecule has 3 nitrogen and oxygen atoms in total. The first-order valence-corrected chi connectivity index (χ1v) is 7.35. The Kier molecular flexibility index (Phi) is 5.38. The largest absolute Gasteiger partial charge is 0.497 e. The minimum atomic E-state index is -0.201. The van der Waals surface area contributed by atoms with E-state index >= 15 is 0 Å². The fraction of sp³-hybridized carbons (Fsp3) is 0.625. The molecule has 0 spiro atoms. The van der Waals surface area contributed by atoms with Crippen LogP contribution in [0.2, 0.25) is 0 Å². The van der Waals surface area contributed by atoms with Gasteiger partial charge < -0.3 is 15.0 Å². The molecule has 112 valence electrons. The lowest BCUT2D eigenvalue weighted by Crippen LogP contribution is -2.35. The molecule has 1 aromatic carbocycles. The maximum atomic E-state index is 14.0. The predicted octanol–water partition coefficient (Wildman–Crippen LogP) is 2.83. The van der Waals surface area contributed by atoms with Crippen molar-refractivity contribution in [2.24, 2.45) is 5.92 Å². The molecular weight excluding hydrogens is 255 g/mol. The third-order valence-electron chi connectivity index (χ3n) is 4.22. The number of nitrogens with one attached hydrogen (secondary N) is 1. The molecule has 1 atom stereocenters. The number of halogens is 1. The quantitative estimate of drug-likeness (QED) is 0.897. The van der Waals surface area contributed by atoms with Gasteiger partial charge >= 0.3 is 0 Å². The van der Waals surface area contributed by atoms with Crippen molar-refractivity contribution in [1.82, 2.24) is 10.2 Å². The van der Waals surface area contributed by atoms with Crippen LogP contribution in [0.4, 0.5) is 4.39 Å². The molecule has 0 amide bonds. The topological polar surface area (TPSA) is 24.5 Å². The molecule has 0 radical (unpaired) electrons. The second-order valence-corrected chi connectivity index (χ2v) is 5.76. The molecule has 2 rings (SSSR count). The summed E-state index contributed by atoms with van der Waals surface area (Å²) in [7, 11) is 3.72. The van der Waals surface area contributed by atoms with Crippen molar-refractivity contribution in [2.75, 3.05) is 33.8 Å². The summed E-state index contributed by atoms with van der Waals surface area (Å²) < 4.78 is 19.0. The van der Waals surface area contributed by atoms with Gasteiger partial charge in [0.1, 0.15) is 11.6 Å². The Labute approximate surface area is 121 Å². The minimum absolute atomic E-state index is 0.0283. The Morgan fingerprint density at radius 2 is 2.10 bits per heavy atom. The number of methoxy groups -OCH3 is 1. The van der Waals surface area contributed by atoms with Crippen LogP contribution in [0.1, 0.15) is 31.4 Å². The molecule has 1 N–H and O–H groups in total. The smallest absolute Gasteiger partial charge is 0.131 e. The molecule has 1 aromatic rings. The molecule has 20 heavy (non-hydrogen) atoms. The van der Waals surface area contributed by atoms with Gasteiger partial charge in [0.25, 0.3) is 0 Å². The van der Waals surface area contributed by atoms with E-state index in [1.165, 1.54) is 18.9 Å². The van der Waals surface area contributed by atoms with Gasteiger partial charge in [-0.1, -0.05) is 6.07 Å². The second kappa shape index (κ2) is 7.04. The molecule has 1 aliphatic heterocycles. The van der Waals surface area contributed by atoms with Gasteiger partial charge in [0.15, 0.2) is 0 Å². The standard InChI is InChI=1S/C16H25FN2O/c1-12(15-5-4-14(20-3)10-16(15)17)18-11-13-6-8-19(2)9-7-13/h4-5,10,12-13,18H,6-9,11H2,1-3H3. The number of hydrogen-bond donors (Lipinski definition) is 1. The Morgan fingerprint density at radius 3 is 2.70 bits per heavy atom. The van der Waals surface area contributed by atoms with Crippen LogP contribution in [0.15, 0.2) is 18.2 Å². The van der Waals surface area contributed by atoms with Crippen molar-refractivity contribution in [3.63, 3.8) is 0 Å². The summed E-state index contributed by atoms with van der Waals surface area (Å²) in [6, 6.07) is 5.09. The third kappa shape index (κ3) is 3.93. The zero-order chi connectivity index (χ0) is 14.5. The summed E-state index contributed by atoms with van der Waals surface area (Å²) in [5.74, 6) is 1.07. The fourth-order valence-corrected chi connectivity index (χ4v) is 2.71. The van der Waals surface area contributed by atoms with Gasteiger partial charge in [0.2, 0.25) is 0 Å². The normalized spacial score (nSPS) is 19.0. The molecular formula is C16H25FN2O. The van der Waals surface area contributed by atoms with Crippen molar-refractivity contribution >= 4 is 0 Å². The van der Waals surface area contributed by atoms with Gasteiger partial charge in [-0.2, -0.15) is 0 Å². The van der Waals surface area contributed by atoms with Gasteiger partial charge in [-0.05, 0) is 58.4 Å². The average Bonchev–Trinajstić information content (AvgIpc) is 2.46. The summed E-state index contributed by atoms with van der Waals surface area (Å²) in [6.07, 6.45) is 2.45. The third-order valence-corrected chi connectivity index (χ3v) is 4.22.